The standard InChI is InChI=1S/C11H16N4O/c1-4-8(5-2)11(16)14-10-9(6-12)7-13-15(10)3/h7-8H,4-5H2,1-3H3,(H,14,16). The van der Waals surface area contributed by atoms with Crippen LogP contribution in [0, 0.1) is 17.2 Å². The maximum atomic E-state index is 11.8. The number of hydrogen-bond donors (Lipinski definition) is 1. The number of rotatable bonds is 4. The zero-order valence-electron chi connectivity index (χ0n) is 9.82. The van der Waals surface area contributed by atoms with Gasteiger partial charge in [0.2, 0.25) is 5.91 Å². The minimum atomic E-state index is -0.0508. The highest BCUT2D eigenvalue weighted by atomic mass is 16.2. The molecule has 0 atom stereocenters. The van der Waals surface area contributed by atoms with Gasteiger partial charge in [0.15, 0.2) is 0 Å². The van der Waals surface area contributed by atoms with E-state index in [4.69, 9.17) is 5.26 Å². The second-order valence-corrected chi connectivity index (χ2v) is 3.64. The molecule has 1 aromatic heterocycles. The third-order valence-electron chi connectivity index (χ3n) is 2.66. The van der Waals surface area contributed by atoms with Crippen molar-refractivity contribution in [3.63, 3.8) is 0 Å². The Kier molecular flexibility index (Phi) is 4.06. The molecule has 0 fully saturated rings. The number of aryl methyl sites for hydroxylation is 1. The highest BCUT2D eigenvalue weighted by Crippen LogP contribution is 2.16. The Hall–Kier alpha value is -1.83. The molecule has 0 aliphatic heterocycles. The lowest BCUT2D eigenvalue weighted by molar-refractivity contribution is -0.120. The summed E-state index contributed by atoms with van der Waals surface area (Å²) in [6, 6.07) is 2.00. The summed E-state index contributed by atoms with van der Waals surface area (Å²) < 4.78 is 1.50. The average Bonchev–Trinajstić information content (AvgIpc) is 2.62. The number of anilines is 1. The maximum absolute atomic E-state index is 11.8. The monoisotopic (exact) mass is 220 g/mol. The van der Waals surface area contributed by atoms with Crippen molar-refractivity contribution in [2.75, 3.05) is 5.32 Å². The Morgan fingerprint density at radius 3 is 2.75 bits per heavy atom. The molecule has 1 rings (SSSR count). The van der Waals surface area contributed by atoms with Gasteiger partial charge < -0.3 is 5.32 Å². The van der Waals surface area contributed by atoms with Gasteiger partial charge in [0.25, 0.3) is 0 Å². The first-order chi connectivity index (χ1) is 7.63. The van der Waals surface area contributed by atoms with Crippen molar-refractivity contribution in [3.05, 3.63) is 11.8 Å². The number of carbonyl (C=O) groups is 1. The number of hydrogen-bond acceptors (Lipinski definition) is 3. The van der Waals surface area contributed by atoms with Crippen LogP contribution in [0.3, 0.4) is 0 Å². The van der Waals surface area contributed by atoms with E-state index in [2.05, 4.69) is 10.4 Å². The van der Waals surface area contributed by atoms with E-state index in [0.29, 0.717) is 11.4 Å². The van der Waals surface area contributed by atoms with Crippen LogP contribution < -0.4 is 5.32 Å². The molecule has 0 aliphatic carbocycles. The van der Waals surface area contributed by atoms with E-state index in [-0.39, 0.29) is 11.8 Å². The van der Waals surface area contributed by atoms with Gasteiger partial charge in [-0.3, -0.25) is 9.48 Å². The Bertz CT molecular complexity index is 412. The van der Waals surface area contributed by atoms with Gasteiger partial charge in [0.1, 0.15) is 17.5 Å². The molecule has 5 heteroatoms. The Balaban J connectivity index is 2.84. The summed E-state index contributed by atoms with van der Waals surface area (Å²) >= 11 is 0. The topological polar surface area (TPSA) is 70.7 Å². The number of aromatic nitrogens is 2. The summed E-state index contributed by atoms with van der Waals surface area (Å²) in [7, 11) is 1.70. The third kappa shape index (κ3) is 2.40. The second kappa shape index (κ2) is 5.31. The van der Waals surface area contributed by atoms with Crippen LogP contribution in [0.2, 0.25) is 0 Å². The predicted octanol–water partition coefficient (Wildman–Crippen LogP) is 1.67. The summed E-state index contributed by atoms with van der Waals surface area (Å²) in [5.74, 6) is 0.408. The van der Waals surface area contributed by atoms with Gasteiger partial charge in [-0.25, -0.2) is 0 Å². The summed E-state index contributed by atoms with van der Waals surface area (Å²) in [6.45, 7) is 3.95. The van der Waals surface area contributed by atoms with E-state index in [1.54, 1.807) is 7.05 Å². The second-order valence-electron chi connectivity index (χ2n) is 3.64. The maximum Gasteiger partial charge on any atom is 0.228 e. The molecule has 0 aliphatic rings. The molecule has 1 heterocycles. The van der Waals surface area contributed by atoms with Gasteiger partial charge in [0, 0.05) is 13.0 Å². The predicted molar refractivity (Wildman–Crippen MR) is 60.6 cm³/mol. The summed E-state index contributed by atoms with van der Waals surface area (Å²) in [6.07, 6.45) is 3.03. The van der Waals surface area contributed by atoms with Crippen molar-refractivity contribution in [2.24, 2.45) is 13.0 Å². The average molecular weight is 220 g/mol. The summed E-state index contributed by atoms with van der Waals surface area (Å²) in [5.41, 5.74) is 0.391. The molecule has 86 valence electrons. The lowest BCUT2D eigenvalue weighted by atomic mass is 10.0. The fourth-order valence-corrected chi connectivity index (χ4v) is 1.55. The molecule has 0 saturated carbocycles. The SMILES string of the molecule is CCC(CC)C(=O)Nc1c(C#N)cnn1C. The molecule has 0 bridgehead atoms. The highest BCUT2D eigenvalue weighted by molar-refractivity contribution is 5.92. The molecular weight excluding hydrogens is 204 g/mol. The first kappa shape index (κ1) is 12.2. The largest absolute Gasteiger partial charge is 0.310 e. The molecule has 16 heavy (non-hydrogen) atoms. The Morgan fingerprint density at radius 2 is 2.25 bits per heavy atom. The van der Waals surface area contributed by atoms with E-state index >= 15 is 0 Å². The van der Waals surface area contributed by atoms with E-state index in [0.717, 1.165) is 12.8 Å². The molecule has 1 amide bonds. The number of nitrogens with one attached hydrogen (secondary N) is 1. The molecule has 0 saturated heterocycles. The van der Waals surface area contributed by atoms with Gasteiger partial charge in [0.05, 0.1) is 6.20 Å². The van der Waals surface area contributed by atoms with Crippen molar-refractivity contribution in [1.29, 1.82) is 5.26 Å². The molecule has 0 aromatic carbocycles. The smallest absolute Gasteiger partial charge is 0.228 e. The van der Waals surface area contributed by atoms with Crippen LogP contribution in [0.1, 0.15) is 32.3 Å². The van der Waals surface area contributed by atoms with Crippen LogP contribution in [-0.2, 0) is 11.8 Å². The minimum absolute atomic E-state index is 0.0126. The summed E-state index contributed by atoms with van der Waals surface area (Å²) in [4.78, 5) is 11.8. The Morgan fingerprint density at radius 1 is 1.62 bits per heavy atom. The fourth-order valence-electron chi connectivity index (χ4n) is 1.55. The molecule has 0 radical (unpaired) electrons. The molecule has 5 nitrogen and oxygen atoms in total. The number of carbonyl (C=O) groups excluding carboxylic acids is 1. The number of amides is 1. The van der Waals surface area contributed by atoms with Crippen LogP contribution in [0.5, 0.6) is 0 Å². The molecular formula is C11H16N4O. The quantitative estimate of drug-likeness (QED) is 0.838. The van der Waals surface area contributed by atoms with Crippen molar-refractivity contribution in [1.82, 2.24) is 9.78 Å². The third-order valence-corrected chi connectivity index (χ3v) is 2.66. The fraction of sp³-hybridized carbons (Fsp3) is 0.545. The highest BCUT2D eigenvalue weighted by Gasteiger charge is 2.17. The first-order valence-corrected chi connectivity index (χ1v) is 5.36. The number of nitrogens with zero attached hydrogens (tertiary/aromatic N) is 3. The van der Waals surface area contributed by atoms with E-state index < -0.39 is 0 Å². The van der Waals surface area contributed by atoms with Crippen molar-refractivity contribution in [2.45, 2.75) is 26.7 Å². The summed E-state index contributed by atoms with van der Waals surface area (Å²) in [5, 5.41) is 15.5. The van der Waals surface area contributed by atoms with E-state index in [9.17, 15) is 4.79 Å². The van der Waals surface area contributed by atoms with Crippen molar-refractivity contribution < 1.29 is 4.79 Å². The molecule has 0 unspecified atom stereocenters. The van der Waals surface area contributed by atoms with Gasteiger partial charge in [-0.05, 0) is 12.8 Å². The zero-order valence-corrected chi connectivity index (χ0v) is 9.82. The van der Waals surface area contributed by atoms with Crippen molar-refractivity contribution in [3.8, 4) is 6.07 Å². The number of nitriles is 1. The van der Waals surface area contributed by atoms with Gasteiger partial charge in [-0.1, -0.05) is 13.8 Å². The van der Waals surface area contributed by atoms with Crippen LogP contribution >= 0.6 is 0 Å². The Labute approximate surface area is 95.1 Å². The van der Waals surface area contributed by atoms with Gasteiger partial charge in [-0.2, -0.15) is 10.4 Å². The van der Waals surface area contributed by atoms with Crippen LogP contribution in [0.25, 0.3) is 0 Å². The first-order valence-electron chi connectivity index (χ1n) is 5.36. The molecule has 0 spiro atoms. The van der Waals surface area contributed by atoms with Gasteiger partial charge >= 0.3 is 0 Å². The van der Waals surface area contributed by atoms with Crippen LogP contribution in [0.15, 0.2) is 6.20 Å². The minimum Gasteiger partial charge on any atom is -0.310 e. The van der Waals surface area contributed by atoms with Gasteiger partial charge in [-0.15, -0.1) is 0 Å². The van der Waals surface area contributed by atoms with E-state index in [1.165, 1.54) is 10.9 Å². The lowest BCUT2D eigenvalue weighted by Crippen LogP contribution is -2.23. The van der Waals surface area contributed by atoms with Crippen LogP contribution in [0.4, 0.5) is 5.82 Å². The van der Waals surface area contributed by atoms with Crippen molar-refractivity contribution >= 4 is 11.7 Å². The van der Waals surface area contributed by atoms with E-state index in [1.807, 2.05) is 19.9 Å². The van der Waals surface area contributed by atoms with Crippen LogP contribution in [-0.4, -0.2) is 15.7 Å². The lowest BCUT2D eigenvalue weighted by Gasteiger charge is -2.12. The normalized spacial score (nSPS) is 10.2. The molecule has 1 aromatic rings. The zero-order chi connectivity index (χ0) is 12.1. The molecule has 1 N–H and O–H groups in total.